The van der Waals surface area contributed by atoms with Crippen LogP contribution >= 0.6 is 0 Å². The van der Waals surface area contributed by atoms with Gasteiger partial charge in [0, 0.05) is 18.3 Å². The number of anilines is 2. The fraction of sp³-hybridized carbons (Fsp3) is 0.182. The number of nitrogens with zero attached hydrogens (tertiary/aromatic N) is 5. The van der Waals surface area contributed by atoms with Crippen molar-refractivity contribution < 1.29 is 14.3 Å². The Balaban J connectivity index is 1.50. The van der Waals surface area contributed by atoms with Crippen LogP contribution in [0.15, 0.2) is 59.7 Å². The van der Waals surface area contributed by atoms with Gasteiger partial charge in [-0.05, 0) is 55.5 Å². The summed E-state index contributed by atoms with van der Waals surface area (Å²) >= 11 is 0. The summed E-state index contributed by atoms with van der Waals surface area (Å²) in [6.45, 7) is 3.63. The number of hydrogen-bond acceptors (Lipinski definition) is 7. The van der Waals surface area contributed by atoms with E-state index in [9.17, 15) is 14.4 Å². The lowest BCUT2D eigenvalue weighted by Crippen LogP contribution is -2.28. The van der Waals surface area contributed by atoms with Gasteiger partial charge in [0.2, 0.25) is 11.8 Å². The smallest absolute Gasteiger partial charge is 0.284 e. The predicted molar refractivity (Wildman–Crippen MR) is 121 cm³/mol. The van der Waals surface area contributed by atoms with Crippen molar-refractivity contribution in [2.45, 2.75) is 20.4 Å². The van der Waals surface area contributed by atoms with E-state index in [-0.39, 0.29) is 23.6 Å². The van der Waals surface area contributed by atoms with Gasteiger partial charge in [0.1, 0.15) is 18.6 Å². The molecule has 0 bridgehead atoms. The van der Waals surface area contributed by atoms with Gasteiger partial charge in [-0.25, -0.2) is 4.98 Å². The molecule has 2 N–H and O–H groups in total. The second-order valence-electron chi connectivity index (χ2n) is 7.08. The lowest BCUT2D eigenvalue weighted by molar-refractivity contribution is -0.117. The lowest BCUT2D eigenvalue weighted by Gasteiger charge is -2.08. The number of aromatic nitrogens is 5. The highest BCUT2D eigenvalue weighted by Gasteiger charge is 2.15. The van der Waals surface area contributed by atoms with Crippen LogP contribution in [-0.2, 0) is 16.1 Å². The Bertz CT molecular complexity index is 1360. The number of fused-ring (bicyclic) bond motifs is 1. The van der Waals surface area contributed by atoms with Crippen LogP contribution in [-0.4, -0.2) is 43.0 Å². The molecule has 2 aromatic heterocycles. The van der Waals surface area contributed by atoms with Gasteiger partial charge in [0.05, 0.1) is 12.3 Å². The first-order valence-electron chi connectivity index (χ1n) is 10.2. The maximum Gasteiger partial charge on any atom is 0.284 e. The minimum absolute atomic E-state index is 0.0545. The Kier molecular flexibility index (Phi) is 6.11. The fourth-order valence-electron chi connectivity index (χ4n) is 3.18. The van der Waals surface area contributed by atoms with Crippen molar-refractivity contribution in [3.63, 3.8) is 0 Å². The topological polar surface area (TPSA) is 133 Å². The van der Waals surface area contributed by atoms with Crippen LogP contribution < -0.4 is 20.9 Å². The van der Waals surface area contributed by atoms with Gasteiger partial charge in [-0.1, -0.05) is 5.21 Å². The van der Waals surface area contributed by atoms with Gasteiger partial charge < -0.3 is 15.4 Å². The first kappa shape index (κ1) is 21.7. The van der Waals surface area contributed by atoms with Crippen molar-refractivity contribution in [1.82, 2.24) is 24.5 Å². The van der Waals surface area contributed by atoms with Crippen LogP contribution in [0.3, 0.4) is 0 Å². The minimum atomic E-state index is -0.478. The normalized spacial score (nSPS) is 10.7. The minimum Gasteiger partial charge on any atom is -0.494 e. The van der Waals surface area contributed by atoms with Crippen LogP contribution in [0, 0.1) is 0 Å². The van der Waals surface area contributed by atoms with E-state index in [2.05, 4.69) is 25.9 Å². The van der Waals surface area contributed by atoms with E-state index in [1.165, 1.54) is 22.5 Å². The summed E-state index contributed by atoms with van der Waals surface area (Å²) < 4.78 is 8.05. The number of ether oxygens (including phenoxy) is 1. The summed E-state index contributed by atoms with van der Waals surface area (Å²) in [5.41, 5.74) is 1.67. The van der Waals surface area contributed by atoms with Crippen LogP contribution in [0.2, 0.25) is 0 Å². The predicted octanol–water partition coefficient (Wildman–Crippen LogP) is 1.97. The molecule has 0 aliphatic carbocycles. The monoisotopic (exact) mass is 447 g/mol. The Morgan fingerprint density at radius 3 is 2.30 bits per heavy atom. The van der Waals surface area contributed by atoms with Crippen molar-refractivity contribution in [3.8, 4) is 11.4 Å². The summed E-state index contributed by atoms with van der Waals surface area (Å²) in [7, 11) is 0. The second kappa shape index (κ2) is 9.30. The molecule has 11 heteroatoms. The molecule has 0 fully saturated rings. The molecule has 0 aliphatic heterocycles. The molecular formula is C22H21N7O4. The molecule has 0 atom stereocenters. The highest BCUT2D eigenvalue weighted by Crippen LogP contribution is 2.17. The molecule has 0 unspecified atom stereocenters. The molecule has 0 spiro atoms. The molecule has 2 amide bonds. The van der Waals surface area contributed by atoms with Crippen molar-refractivity contribution in [3.05, 3.63) is 65.2 Å². The van der Waals surface area contributed by atoms with E-state index >= 15 is 0 Å². The largest absolute Gasteiger partial charge is 0.494 e. The quantitative estimate of drug-likeness (QED) is 0.442. The van der Waals surface area contributed by atoms with E-state index in [0.717, 1.165) is 5.75 Å². The molecule has 0 aliphatic rings. The highest BCUT2D eigenvalue weighted by atomic mass is 16.5. The van der Waals surface area contributed by atoms with Gasteiger partial charge in [0.15, 0.2) is 11.2 Å². The SMILES string of the molecule is CCOc1ccc(-n2nnc3c(=O)n(CC(=O)Nc4ccc(NC(C)=O)cc4)cnc32)cc1. The van der Waals surface area contributed by atoms with E-state index in [4.69, 9.17) is 4.74 Å². The van der Waals surface area contributed by atoms with E-state index in [1.54, 1.807) is 48.5 Å². The molecule has 11 nitrogen and oxygen atoms in total. The Hall–Kier alpha value is -4.54. The van der Waals surface area contributed by atoms with Crippen molar-refractivity contribution >= 4 is 34.4 Å². The number of benzene rings is 2. The second-order valence-corrected chi connectivity index (χ2v) is 7.08. The number of carbonyl (C=O) groups excluding carboxylic acids is 2. The first-order chi connectivity index (χ1) is 15.9. The molecule has 168 valence electrons. The van der Waals surface area contributed by atoms with Crippen molar-refractivity contribution in [2.24, 2.45) is 0 Å². The molecule has 0 saturated heterocycles. The van der Waals surface area contributed by atoms with Crippen molar-refractivity contribution in [2.75, 3.05) is 17.2 Å². The fourth-order valence-corrected chi connectivity index (χ4v) is 3.18. The zero-order valence-electron chi connectivity index (χ0n) is 18.0. The zero-order chi connectivity index (χ0) is 23.4. The van der Waals surface area contributed by atoms with Gasteiger partial charge in [0.25, 0.3) is 5.56 Å². The zero-order valence-corrected chi connectivity index (χ0v) is 18.0. The summed E-state index contributed by atoms with van der Waals surface area (Å²) in [6.07, 6.45) is 1.29. The van der Waals surface area contributed by atoms with Crippen LogP contribution in [0.4, 0.5) is 11.4 Å². The summed E-state index contributed by atoms with van der Waals surface area (Å²) in [4.78, 5) is 40.6. The summed E-state index contributed by atoms with van der Waals surface area (Å²) in [5.74, 6) is 0.120. The maximum atomic E-state index is 12.8. The molecule has 0 saturated carbocycles. The molecule has 4 aromatic rings. The van der Waals surface area contributed by atoms with Gasteiger partial charge in [-0.15, -0.1) is 5.10 Å². The average Bonchev–Trinajstić information content (AvgIpc) is 3.22. The number of carbonyl (C=O) groups is 2. The van der Waals surface area contributed by atoms with E-state index in [0.29, 0.717) is 23.7 Å². The number of amides is 2. The molecule has 33 heavy (non-hydrogen) atoms. The van der Waals surface area contributed by atoms with Crippen LogP contribution in [0.25, 0.3) is 16.9 Å². The first-order valence-corrected chi connectivity index (χ1v) is 10.2. The average molecular weight is 447 g/mol. The Morgan fingerprint density at radius 1 is 1.00 bits per heavy atom. The van der Waals surface area contributed by atoms with Gasteiger partial charge >= 0.3 is 0 Å². The number of nitrogens with one attached hydrogen (secondary N) is 2. The molecule has 2 aromatic carbocycles. The third kappa shape index (κ3) is 4.87. The number of rotatable bonds is 7. The summed E-state index contributed by atoms with van der Waals surface area (Å²) in [5, 5.41) is 13.3. The van der Waals surface area contributed by atoms with Gasteiger partial charge in [-0.3, -0.25) is 19.0 Å². The molecule has 2 heterocycles. The third-order valence-corrected chi connectivity index (χ3v) is 4.62. The van der Waals surface area contributed by atoms with Crippen LogP contribution in [0.1, 0.15) is 13.8 Å². The third-order valence-electron chi connectivity index (χ3n) is 4.62. The number of hydrogen-bond donors (Lipinski definition) is 2. The van der Waals surface area contributed by atoms with E-state index in [1.807, 2.05) is 6.92 Å². The Morgan fingerprint density at radius 2 is 1.67 bits per heavy atom. The molecular weight excluding hydrogens is 426 g/mol. The Labute approximate surface area is 188 Å². The lowest BCUT2D eigenvalue weighted by atomic mass is 10.2. The molecule has 0 radical (unpaired) electrons. The maximum absolute atomic E-state index is 12.8. The molecule has 4 rings (SSSR count). The van der Waals surface area contributed by atoms with Gasteiger partial charge in [-0.2, -0.15) is 4.68 Å². The van der Waals surface area contributed by atoms with Crippen molar-refractivity contribution in [1.29, 1.82) is 0 Å². The standard InChI is InChI=1S/C22H21N7O4/c1-3-33-18-10-8-17(9-11-18)29-21-20(26-27-29)22(32)28(13-23-21)12-19(31)25-16-6-4-15(5-7-16)24-14(2)30/h4-11,13H,3,12H2,1-2H3,(H,24,30)(H,25,31). The summed E-state index contributed by atoms with van der Waals surface area (Å²) in [6, 6.07) is 13.8. The van der Waals surface area contributed by atoms with E-state index < -0.39 is 11.5 Å². The van der Waals surface area contributed by atoms with Crippen LogP contribution in [0.5, 0.6) is 5.75 Å². The highest BCUT2D eigenvalue weighted by molar-refractivity contribution is 5.92.